The van der Waals surface area contributed by atoms with Crippen LogP contribution in [0.3, 0.4) is 0 Å². The van der Waals surface area contributed by atoms with Gasteiger partial charge in [-0.25, -0.2) is 0 Å². The molecule has 36 heteroatoms. The van der Waals surface area contributed by atoms with Gasteiger partial charge in [-0.2, -0.15) is 0 Å². The Labute approximate surface area is 493 Å². The summed E-state index contributed by atoms with van der Waals surface area (Å²) in [5.74, 6) is 0. The maximum atomic E-state index is 9.64. The van der Waals surface area contributed by atoms with Crippen LogP contribution < -0.4 is 11.1 Å². The van der Waals surface area contributed by atoms with E-state index in [0.717, 1.165) is 68.9 Å². The summed E-state index contributed by atoms with van der Waals surface area (Å²) in [5.41, 5.74) is 5.36. The molecule has 4 N–H and O–H groups in total. The molecule has 0 radical (unpaired) electrons. The lowest BCUT2D eigenvalue weighted by molar-refractivity contribution is 0.00646. The zero-order chi connectivity index (χ0) is 64.2. The number of nitrogens with one attached hydrogen (secondary N) is 1. The van der Waals surface area contributed by atoms with Crippen LogP contribution in [-0.4, -0.2) is 268 Å². The zero-order valence-corrected chi connectivity index (χ0v) is 61.9. The van der Waals surface area contributed by atoms with Gasteiger partial charge >= 0.3 is 71.4 Å². The third-order valence-electron chi connectivity index (χ3n) is 10.9. The molecule has 1 rings (SSSR count). The molecule has 80 heavy (non-hydrogen) atoms. The molecule has 0 bridgehead atoms. The Bertz CT molecular complexity index is 1140. The minimum absolute atomic E-state index is 0.145. The molecule has 0 amide bonds. The van der Waals surface area contributed by atoms with Gasteiger partial charge in [0.25, 0.3) is 0 Å². The highest BCUT2D eigenvalue weighted by molar-refractivity contribution is 6.62. The Kier molecular flexibility index (Phi) is 78.2. The number of rotatable bonds is 37. The number of epoxide rings is 1. The largest absolute Gasteiger partial charge is 0.549 e. The number of aliphatic hydroxyl groups excluding tert-OH is 1. The third-order valence-corrected chi connectivity index (χ3v) is 27.5. The van der Waals surface area contributed by atoms with E-state index in [1.807, 2.05) is 55.4 Å². The van der Waals surface area contributed by atoms with Gasteiger partial charge in [-0.1, -0.05) is 27.7 Å². The highest BCUT2D eigenvalue weighted by atomic mass is 28.4. The van der Waals surface area contributed by atoms with Crippen molar-refractivity contribution in [1.82, 2.24) is 5.32 Å². The van der Waals surface area contributed by atoms with Crippen LogP contribution in [0, 0.1) is 0 Å². The monoisotopic (exact) mass is 1310 g/mol. The number of hydrogen-bond donors (Lipinski definition) is 3. The van der Waals surface area contributed by atoms with E-state index in [2.05, 4.69) is 5.32 Å². The number of ether oxygens (including phenoxy) is 3. The molecule has 488 valence electrons. The molecule has 1 heterocycles. The van der Waals surface area contributed by atoms with Crippen LogP contribution in [0.5, 0.6) is 0 Å². The number of hydrogen-bond acceptors (Lipinski definition) is 28. The minimum Gasteiger partial charge on any atom is -0.389 e. The van der Waals surface area contributed by atoms with Crippen molar-refractivity contribution in [2.75, 3.05) is 167 Å². The van der Waals surface area contributed by atoms with E-state index >= 15 is 0 Å². The second-order valence-electron chi connectivity index (χ2n) is 15.9. The van der Waals surface area contributed by atoms with Crippen molar-refractivity contribution < 1.29 is 117 Å². The fourth-order valence-corrected chi connectivity index (χ4v) is 14.6. The summed E-state index contributed by atoms with van der Waals surface area (Å²) in [7, 11) is 12.6. The molecule has 1 aliphatic rings. The molecule has 0 aromatic rings. The molecule has 1 fully saturated rings. The zero-order valence-electron chi connectivity index (χ0n) is 53.9. The molecule has 1 saturated heterocycles. The van der Waals surface area contributed by atoms with Crippen molar-refractivity contribution in [2.45, 2.75) is 129 Å². The van der Waals surface area contributed by atoms with Gasteiger partial charge in [0.2, 0.25) is 0 Å². The quantitative estimate of drug-likeness (QED) is 0.0450. The molecule has 28 nitrogen and oxygen atoms in total. The van der Waals surface area contributed by atoms with Crippen molar-refractivity contribution in [1.29, 1.82) is 0 Å². The van der Waals surface area contributed by atoms with Crippen molar-refractivity contribution in [3.8, 4) is 0 Å². The number of nitrogens with two attached hydrogens (primary N) is 1. The van der Waals surface area contributed by atoms with E-state index in [4.69, 9.17) is 117 Å². The Balaban J connectivity index is -0.000000126. The maximum absolute atomic E-state index is 9.64. The average Bonchev–Trinajstić information content (AvgIpc) is 4.33. The molecule has 2 atom stereocenters. The molecule has 0 aromatic carbocycles. The Morgan fingerprint density at radius 2 is 0.700 bits per heavy atom. The summed E-state index contributed by atoms with van der Waals surface area (Å²) in [5, 5.41) is 12.8. The molecule has 0 saturated carbocycles. The first kappa shape index (κ1) is 96.3. The summed E-state index contributed by atoms with van der Waals surface area (Å²) in [6, 6.07) is 4.80. The molecule has 0 aliphatic carbocycles. The van der Waals surface area contributed by atoms with Crippen molar-refractivity contribution in [2.24, 2.45) is 5.73 Å². The van der Waals surface area contributed by atoms with Crippen LogP contribution in [0.15, 0.2) is 0 Å². The second-order valence-corrected chi connectivity index (χ2v) is 35.6. The van der Waals surface area contributed by atoms with Crippen molar-refractivity contribution >= 4 is 71.4 Å². The summed E-state index contributed by atoms with van der Waals surface area (Å²) in [6.07, 6.45) is 2.18. The normalized spacial score (nSPS) is 13.2. The second kappa shape index (κ2) is 65.0. The topological polar surface area (TPSA) is 324 Å². The molecule has 0 spiro atoms. The van der Waals surface area contributed by atoms with Gasteiger partial charge in [-0.3, -0.25) is 17.8 Å². The first-order valence-corrected chi connectivity index (χ1v) is 38.9. The summed E-state index contributed by atoms with van der Waals surface area (Å²) < 4.78 is 142. The predicted octanol–water partition coefficient (Wildman–Crippen LogP) is 3.95. The fourth-order valence-electron chi connectivity index (χ4n) is 5.69. The molecule has 1 aliphatic heterocycles. The average molecular weight is 1310 g/mol. The van der Waals surface area contributed by atoms with Gasteiger partial charge < -0.3 is 110 Å². The summed E-state index contributed by atoms with van der Waals surface area (Å²) in [6.45, 7) is 19.9. The number of aliphatic hydroxyl groups is 1. The fraction of sp³-hybridized carbons (Fsp3) is 1.00. The Morgan fingerprint density at radius 3 is 0.875 bits per heavy atom. The molecular weight excluding hydrogens is 1200 g/mol. The van der Waals surface area contributed by atoms with Crippen molar-refractivity contribution in [3.63, 3.8) is 0 Å². The van der Waals surface area contributed by atoms with Gasteiger partial charge in [0.05, 0.1) is 38.1 Å². The minimum atomic E-state index is -2.45. The maximum Gasteiger partial charge on any atom is 0.549 e. The van der Waals surface area contributed by atoms with Gasteiger partial charge in [-0.15, -0.1) is 0 Å². The van der Waals surface area contributed by atoms with E-state index in [9.17, 15) is 5.11 Å². The van der Waals surface area contributed by atoms with E-state index in [1.54, 1.807) is 128 Å². The van der Waals surface area contributed by atoms with E-state index in [0.29, 0.717) is 31.9 Å². The van der Waals surface area contributed by atoms with E-state index in [1.165, 1.54) is 0 Å². The Morgan fingerprint density at radius 1 is 0.463 bits per heavy atom. The van der Waals surface area contributed by atoms with Gasteiger partial charge in [-0.05, 0) is 53.6 Å². The summed E-state index contributed by atoms with van der Waals surface area (Å²) in [4.78, 5) is 0. The Hall–Kier alpha value is -0.0249. The van der Waals surface area contributed by atoms with E-state index < -0.39 is 77.5 Å². The van der Waals surface area contributed by atoms with Gasteiger partial charge in [0.15, 0.2) is 0 Å². The van der Waals surface area contributed by atoms with Crippen LogP contribution in [0.25, 0.3) is 0 Å². The molecular formula is C44H114N2O26Si8. The first-order chi connectivity index (χ1) is 37.8. The first-order valence-electron chi connectivity index (χ1n) is 25.7. The smallest absolute Gasteiger partial charge is 0.389 e. The van der Waals surface area contributed by atoms with Gasteiger partial charge in [0.1, 0.15) is 6.10 Å². The van der Waals surface area contributed by atoms with Crippen LogP contribution in [0.2, 0.25) is 36.3 Å². The summed E-state index contributed by atoms with van der Waals surface area (Å²) >= 11 is 0. The predicted molar refractivity (Wildman–Crippen MR) is 316 cm³/mol. The molecule has 0 aromatic heterocycles. The highest BCUT2D eigenvalue weighted by Gasteiger charge is 2.39. The highest BCUT2D eigenvalue weighted by Crippen LogP contribution is 2.16. The van der Waals surface area contributed by atoms with Crippen LogP contribution >= 0.6 is 0 Å². The van der Waals surface area contributed by atoms with Crippen LogP contribution in [0.4, 0.5) is 0 Å². The van der Waals surface area contributed by atoms with Crippen molar-refractivity contribution in [3.05, 3.63) is 0 Å². The third kappa shape index (κ3) is 53.4. The lowest BCUT2D eigenvalue weighted by Gasteiger charge is -2.24. The lowest BCUT2D eigenvalue weighted by Crippen LogP contribution is -2.43. The standard InChI is InChI=1S/C12H29NO5Si.C6H17NO3Si.C6H12O2.4C5H14O3Si.2O2Si/c1-11(2)18-10-12(14)9-13-7-6-8-19(15-3,16-4)17-5;1-8-11(9-2,10-3)6-4-5-7;1-5(2)7-3-6-4-8-6;4*1-5-9(6-2,7-3)8-4;2*1-3-2/h11-14H,6-10H2,1-5H3;4-7H2,1-3H3;5-6H,3-4H2,1-2H3;4*5H2,1-4H3;;. The lowest BCUT2D eigenvalue weighted by atomic mass is 10.3. The van der Waals surface area contributed by atoms with Gasteiger partial charge in [0, 0.05) is 171 Å². The SMILES string of the molecule is CC(C)OCC1CO1.CC[Si](OC)(OC)OC.CC[Si](OC)(OC)OC.CC[Si](OC)(OC)OC.CC[Si](OC)(OC)OC.CO[Si](CCCN)(OC)OC.CO[Si](CCCNCC(O)COC(C)C)(OC)OC.O=[Si]=O.O=[Si]=O. The molecule has 2 unspecified atom stereocenters. The van der Waals surface area contributed by atoms with E-state index in [-0.39, 0.29) is 6.10 Å². The van der Waals surface area contributed by atoms with Crippen LogP contribution in [0.1, 0.15) is 68.2 Å². The van der Waals surface area contributed by atoms with Crippen LogP contribution in [-0.2, 0) is 112 Å².